The molecule has 0 radical (unpaired) electrons. The Hall–Kier alpha value is -3.74. The van der Waals surface area contributed by atoms with Crippen molar-refractivity contribution in [3.63, 3.8) is 0 Å². The first-order valence-electron chi connectivity index (χ1n) is 10.6. The molecule has 0 bridgehead atoms. The van der Waals surface area contributed by atoms with Gasteiger partial charge in [-0.1, -0.05) is 30.3 Å². The number of amides is 2. The largest absolute Gasteiger partial charge is 0.469 e. The van der Waals surface area contributed by atoms with Crippen LogP contribution in [0.5, 0.6) is 0 Å². The van der Waals surface area contributed by atoms with E-state index in [0.29, 0.717) is 6.54 Å². The first kappa shape index (κ1) is 21.5. The zero-order chi connectivity index (χ0) is 22.7. The number of carbonyl (C=O) groups excluding carboxylic acids is 2. The Balaban J connectivity index is 1.74. The third-order valence-corrected chi connectivity index (χ3v) is 5.78. The van der Waals surface area contributed by atoms with E-state index in [4.69, 9.17) is 0 Å². The molecular weight excluding hydrogens is 404 g/mol. The van der Waals surface area contributed by atoms with E-state index in [-0.39, 0.29) is 31.0 Å². The number of carbonyl (C=O) groups is 2. The quantitative estimate of drug-likeness (QED) is 0.624. The number of rotatable bonds is 5. The average molecular weight is 433 g/mol. The number of urea groups is 1. The van der Waals surface area contributed by atoms with Gasteiger partial charge in [-0.25, -0.2) is 4.79 Å². The summed E-state index contributed by atoms with van der Waals surface area (Å²) >= 11 is 0. The number of methoxy groups -OCH3 is 1. The number of para-hydroxylation sites is 1. The normalized spacial score (nSPS) is 14.7. The Kier molecular flexibility index (Phi) is 6.16. The third-order valence-electron chi connectivity index (χ3n) is 5.78. The molecule has 1 aliphatic rings. The summed E-state index contributed by atoms with van der Waals surface area (Å²) in [6, 6.07) is 19.9. The summed E-state index contributed by atoms with van der Waals surface area (Å²) < 4.78 is 6.84. The molecule has 7 nitrogen and oxygen atoms in total. The number of esters is 1. The molecule has 3 aromatic rings. The van der Waals surface area contributed by atoms with Gasteiger partial charge in [0.1, 0.15) is 0 Å². The van der Waals surface area contributed by atoms with Gasteiger partial charge in [-0.05, 0) is 41.5 Å². The summed E-state index contributed by atoms with van der Waals surface area (Å²) in [6.07, 6.45) is 2.17. The second-order valence-corrected chi connectivity index (χ2v) is 8.01. The zero-order valence-electron chi connectivity index (χ0n) is 18.6. The van der Waals surface area contributed by atoms with E-state index >= 15 is 0 Å². The molecule has 2 heterocycles. The second-order valence-electron chi connectivity index (χ2n) is 8.01. The van der Waals surface area contributed by atoms with E-state index in [1.807, 2.05) is 54.4 Å². The van der Waals surface area contributed by atoms with Crippen LogP contribution in [0.15, 0.2) is 66.9 Å². The number of fused-ring (bicyclic) bond motifs is 3. The molecule has 7 heteroatoms. The van der Waals surface area contributed by atoms with Crippen molar-refractivity contribution in [3.8, 4) is 5.69 Å². The Bertz CT molecular complexity index is 1100. The first-order valence-corrected chi connectivity index (χ1v) is 10.6. The minimum Gasteiger partial charge on any atom is -0.469 e. The van der Waals surface area contributed by atoms with Crippen LogP contribution in [0, 0.1) is 0 Å². The number of nitrogens with zero attached hydrogens (tertiary/aromatic N) is 3. The fourth-order valence-corrected chi connectivity index (χ4v) is 4.12. The van der Waals surface area contributed by atoms with Crippen molar-refractivity contribution in [1.82, 2.24) is 14.8 Å². The smallest absolute Gasteiger partial charge is 0.318 e. The fraction of sp³-hybridized carbons (Fsp3) is 0.280. The Labute approximate surface area is 188 Å². The lowest BCUT2D eigenvalue weighted by atomic mass is 10.0. The average Bonchev–Trinajstić information content (AvgIpc) is 3.23. The van der Waals surface area contributed by atoms with E-state index in [2.05, 4.69) is 51.0 Å². The lowest BCUT2D eigenvalue weighted by molar-refractivity contribution is -0.140. The predicted octanol–water partition coefficient (Wildman–Crippen LogP) is 3.72. The highest BCUT2D eigenvalue weighted by atomic mass is 16.5. The van der Waals surface area contributed by atoms with Crippen LogP contribution in [0.2, 0.25) is 0 Å². The second kappa shape index (κ2) is 9.18. The molecular formula is C25H28N4O3. The van der Waals surface area contributed by atoms with Gasteiger partial charge in [0, 0.05) is 38.2 Å². The number of anilines is 1. The van der Waals surface area contributed by atoms with Crippen molar-refractivity contribution < 1.29 is 14.3 Å². The number of hydrogen-bond acceptors (Lipinski definition) is 4. The molecule has 0 fully saturated rings. The summed E-state index contributed by atoms with van der Waals surface area (Å²) in [5.41, 5.74) is 5.24. The van der Waals surface area contributed by atoms with Crippen LogP contribution in [-0.4, -0.2) is 49.2 Å². The number of aromatic nitrogens is 1. The van der Waals surface area contributed by atoms with Crippen LogP contribution in [0.4, 0.5) is 10.5 Å². The van der Waals surface area contributed by atoms with Gasteiger partial charge >= 0.3 is 12.0 Å². The Morgan fingerprint density at radius 3 is 2.53 bits per heavy atom. The zero-order valence-corrected chi connectivity index (χ0v) is 18.6. The molecule has 32 heavy (non-hydrogen) atoms. The van der Waals surface area contributed by atoms with Crippen LogP contribution in [-0.2, 0) is 16.1 Å². The molecule has 1 aliphatic heterocycles. The third kappa shape index (κ3) is 4.19. The fourth-order valence-electron chi connectivity index (χ4n) is 4.12. The van der Waals surface area contributed by atoms with Crippen molar-refractivity contribution in [2.24, 2.45) is 0 Å². The molecule has 166 valence electrons. The highest BCUT2D eigenvalue weighted by Crippen LogP contribution is 2.37. The van der Waals surface area contributed by atoms with Crippen LogP contribution < -0.4 is 10.2 Å². The van der Waals surface area contributed by atoms with Gasteiger partial charge in [0.25, 0.3) is 0 Å². The first-order chi connectivity index (χ1) is 15.5. The number of hydrogen-bond donors (Lipinski definition) is 1. The molecule has 0 aliphatic carbocycles. The molecule has 0 unspecified atom stereocenters. The molecule has 2 amide bonds. The van der Waals surface area contributed by atoms with E-state index < -0.39 is 0 Å². The van der Waals surface area contributed by atoms with Crippen molar-refractivity contribution in [1.29, 1.82) is 0 Å². The summed E-state index contributed by atoms with van der Waals surface area (Å²) in [7, 11) is 5.35. The number of ether oxygens (including phenoxy) is 1. The maximum absolute atomic E-state index is 13.4. The summed E-state index contributed by atoms with van der Waals surface area (Å²) in [5, 5.41) is 2.90. The van der Waals surface area contributed by atoms with Gasteiger partial charge < -0.3 is 24.4 Å². The Morgan fingerprint density at radius 2 is 1.81 bits per heavy atom. The van der Waals surface area contributed by atoms with Gasteiger partial charge in [-0.15, -0.1) is 0 Å². The molecule has 2 aromatic carbocycles. The molecule has 0 saturated heterocycles. The molecule has 0 saturated carbocycles. The predicted molar refractivity (Wildman–Crippen MR) is 124 cm³/mol. The van der Waals surface area contributed by atoms with Crippen LogP contribution in [0.25, 0.3) is 5.69 Å². The lowest BCUT2D eigenvalue weighted by Gasteiger charge is -2.31. The van der Waals surface area contributed by atoms with Crippen LogP contribution in [0.3, 0.4) is 0 Å². The minimum atomic E-state index is -0.351. The maximum atomic E-state index is 13.4. The summed E-state index contributed by atoms with van der Waals surface area (Å²) in [6.45, 7) is 0.666. The maximum Gasteiger partial charge on any atom is 0.318 e. The molecule has 0 spiro atoms. The van der Waals surface area contributed by atoms with Crippen molar-refractivity contribution in [2.75, 3.05) is 32.6 Å². The van der Waals surface area contributed by atoms with Crippen molar-refractivity contribution in [3.05, 3.63) is 83.7 Å². The van der Waals surface area contributed by atoms with E-state index in [1.165, 1.54) is 7.11 Å². The number of benzene rings is 2. The van der Waals surface area contributed by atoms with Gasteiger partial charge in [0.05, 0.1) is 31.8 Å². The molecule has 4 rings (SSSR count). The lowest BCUT2D eigenvalue weighted by Crippen LogP contribution is -2.42. The topological polar surface area (TPSA) is 66.8 Å². The molecule has 1 aromatic heterocycles. The summed E-state index contributed by atoms with van der Waals surface area (Å²) in [4.78, 5) is 28.7. The molecule has 1 atom stereocenters. The van der Waals surface area contributed by atoms with E-state index in [1.54, 1.807) is 0 Å². The standard InChI is InChI=1S/C25H28N4O3/c1-27(2)20-12-10-18(11-13-20)24-22-9-6-16-28(22)21-8-5-4-7-19(21)17-29(24)25(31)26-15-14-23(30)32-3/h4-13,16,24H,14-15,17H2,1-3H3,(H,26,31)/t24-/m1/s1. The van der Waals surface area contributed by atoms with Crippen molar-refractivity contribution in [2.45, 2.75) is 19.0 Å². The highest BCUT2D eigenvalue weighted by molar-refractivity contribution is 5.77. The number of nitrogens with one attached hydrogen (secondary N) is 1. The SMILES string of the molecule is COC(=O)CCNC(=O)N1Cc2ccccc2-n2cccc2[C@H]1c1ccc(N(C)C)cc1. The minimum absolute atomic E-state index is 0.130. The van der Waals surface area contributed by atoms with Crippen molar-refractivity contribution >= 4 is 17.7 Å². The van der Waals surface area contributed by atoms with Gasteiger partial charge in [-0.2, -0.15) is 0 Å². The van der Waals surface area contributed by atoms with Gasteiger partial charge in [-0.3, -0.25) is 4.79 Å². The van der Waals surface area contributed by atoms with E-state index in [9.17, 15) is 9.59 Å². The van der Waals surface area contributed by atoms with Gasteiger partial charge in [0.2, 0.25) is 0 Å². The summed E-state index contributed by atoms with van der Waals surface area (Å²) in [5.74, 6) is -0.351. The van der Waals surface area contributed by atoms with E-state index in [0.717, 1.165) is 28.2 Å². The Morgan fingerprint density at radius 1 is 1.06 bits per heavy atom. The van der Waals surface area contributed by atoms with Crippen LogP contribution in [0.1, 0.15) is 29.3 Å². The van der Waals surface area contributed by atoms with Crippen LogP contribution >= 0.6 is 0 Å². The molecule has 1 N–H and O–H groups in total. The highest BCUT2D eigenvalue weighted by Gasteiger charge is 2.32. The monoisotopic (exact) mass is 432 g/mol. The van der Waals surface area contributed by atoms with Gasteiger partial charge in [0.15, 0.2) is 0 Å².